The molecule has 0 amide bonds. The molecule has 110 valence electrons. The summed E-state index contributed by atoms with van der Waals surface area (Å²) < 4.78 is 5.47. The number of hydrogen-bond acceptors (Lipinski definition) is 3. The second kappa shape index (κ2) is 7.25. The Morgan fingerprint density at radius 2 is 2.16 bits per heavy atom. The molecule has 4 heteroatoms. The molecule has 2 N–H and O–H groups in total. The third-order valence-electron chi connectivity index (χ3n) is 4.53. The van der Waals surface area contributed by atoms with Crippen molar-refractivity contribution in [2.45, 2.75) is 64.1 Å². The minimum atomic E-state index is -0.821. The summed E-state index contributed by atoms with van der Waals surface area (Å²) in [6, 6.07) is 0. The van der Waals surface area contributed by atoms with Crippen LogP contribution in [0.2, 0.25) is 0 Å². The lowest BCUT2D eigenvalue weighted by atomic mass is 9.81. The average Bonchev–Trinajstić information content (AvgIpc) is 2.84. The van der Waals surface area contributed by atoms with E-state index in [0.717, 1.165) is 31.3 Å². The molecule has 0 aromatic heterocycles. The van der Waals surface area contributed by atoms with Crippen molar-refractivity contribution < 1.29 is 14.6 Å². The third kappa shape index (κ3) is 4.77. The Labute approximate surface area is 115 Å². The summed E-state index contributed by atoms with van der Waals surface area (Å²) in [4.78, 5) is 10.8. The van der Waals surface area contributed by atoms with Crippen LogP contribution in [0.4, 0.5) is 0 Å². The van der Waals surface area contributed by atoms with Crippen LogP contribution in [-0.4, -0.2) is 36.4 Å². The van der Waals surface area contributed by atoms with E-state index in [9.17, 15) is 4.79 Å². The molecular formula is C15H27NO3. The van der Waals surface area contributed by atoms with Crippen molar-refractivity contribution in [3.63, 3.8) is 0 Å². The molecule has 1 aliphatic carbocycles. The predicted octanol–water partition coefficient (Wildman–Crippen LogP) is 2.42. The summed E-state index contributed by atoms with van der Waals surface area (Å²) in [5.74, 6) is 0.958. The van der Waals surface area contributed by atoms with Gasteiger partial charge in [0.2, 0.25) is 0 Å². The summed E-state index contributed by atoms with van der Waals surface area (Å²) in [5, 5.41) is 12.3. The van der Waals surface area contributed by atoms with Gasteiger partial charge in [-0.2, -0.15) is 0 Å². The topological polar surface area (TPSA) is 58.6 Å². The number of aliphatic carboxylic acids is 1. The van der Waals surface area contributed by atoms with Gasteiger partial charge in [-0.15, -0.1) is 0 Å². The maximum Gasteiger partial charge on any atom is 0.332 e. The van der Waals surface area contributed by atoms with Crippen molar-refractivity contribution in [1.82, 2.24) is 5.32 Å². The first-order valence-electron chi connectivity index (χ1n) is 7.74. The summed E-state index contributed by atoms with van der Waals surface area (Å²) >= 11 is 0. The minimum Gasteiger partial charge on any atom is -0.479 e. The quantitative estimate of drug-likeness (QED) is 0.727. The van der Waals surface area contributed by atoms with Crippen molar-refractivity contribution in [1.29, 1.82) is 0 Å². The molecule has 1 heterocycles. The zero-order valence-corrected chi connectivity index (χ0v) is 11.9. The van der Waals surface area contributed by atoms with E-state index >= 15 is 0 Å². The van der Waals surface area contributed by atoms with E-state index in [1.165, 1.54) is 32.1 Å². The van der Waals surface area contributed by atoms with Crippen molar-refractivity contribution >= 4 is 5.97 Å². The van der Waals surface area contributed by atoms with Crippen LogP contribution in [0.25, 0.3) is 0 Å². The van der Waals surface area contributed by atoms with Gasteiger partial charge in [0.15, 0.2) is 6.10 Å². The Balaban J connectivity index is 1.54. The fourth-order valence-corrected chi connectivity index (χ4v) is 3.43. The van der Waals surface area contributed by atoms with E-state index in [-0.39, 0.29) is 6.10 Å². The van der Waals surface area contributed by atoms with Gasteiger partial charge in [-0.1, -0.05) is 26.2 Å². The predicted molar refractivity (Wildman–Crippen MR) is 74.1 cm³/mol. The van der Waals surface area contributed by atoms with Gasteiger partial charge in [0.25, 0.3) is 0 Å². The Morgan fingerprint density at radius 3 is 2.84 bits per heavy atom. The normalized spacial score (nSPS) is 35.4. The van der Waals surface area contributed by atoms with Crippen molar-refractivity contribution in [2.75, 3.05) is 13.1 Å². The minimum absolute atomic E-state index is 0.0892. The highest BCUT2D eigenvalue weighted by molar-refractivity contribution is 5.72. The molecule has 0 radical (unpaired) electrons. The van der Waals surface area contributed by atoms with Crippen LogP contribution in [0.1, 0.15) is 51.9 Å². The molecule has 1 saturated heterocycles. The summed E-state index contributed by atoms with van der Waals surface area (Å²) in [5.41, 5.74) is 0. The van der Waals surface area contributed by atoms with Crippen LogP contribution < -0.4 is 5.32 Å². The van der Waals surface area contributed by atoms with Gasteiger partial charge in [-0.3, -0.25) is 0 Å². The molecule has 0 spiro atoms. The van der Waals surface area contributed by atoms with Crippen molar-refractivity contribution in [2.24, 2.45) is 11.8 Å². The first-order chi connectivity index (χ1) is 9.15. The molecule has 2 fully saturated rings. The molecule has 0 bridgehead atoms. The van der Waals surface area contributed by atoms with E-state index in [0.29, 0.717) is 6.42 Å². The number of nitrogens with one attached hydrogen (secondary N) is 1. The maximum atomic E-state index is 10.8. The van der Waals surface area contributed by atoms with Gasteiger partial charge in [0.1, 0.15) is 0 Å². The molecule has 19 heavy (non-hydrogen) atoms. The lowest BCUT2D eigenvalue weighted by Gasteiger charge is -2.26. The number of hydrogen-bond donors (Lipinski definition) is 2. The lowest BCUT2D eigenvalue weighted by Crippen LogP contribution is -2.30. The number of carboxylic acids is 1. The van der Waals surface area contributed by atoms with Crippen molar-refractivity contribution in [3.8, 4) is 0 Å². The Morgan fingerprint density at radius 1 is 1.32 bits per heavy atom. The number of ether oxygens (including phenoxy) is 1. The van der Waals surface area contributed by atoms with E-state index in [1.54, 1.807) is 0 Å². The van der Waals surface area contributed by atoms with Crippen LogP contribution in [0.3, 0.4) is 0 Å². The molecule has 4 unspecified atom stereocenters. The SMILES string of the molecule is CC1CCCC(CCNCC2CCC(C(=O)O)O2)C1. The second-order valence-corrected chi connectivity index (χ2v) is 6.29. The Bertz CT molecular complexity index is 295. The summed E-state index contributed by atoms with van der Waals surface area (Å²) in [7, 11) is 0. The summed E-state index contributed by atoms with van der Waals surface area (Å²) in [6.45, 7) is 4.19. The van der Waals surface area contributed by atoms with Crippen LogP contribution in [0.15, 0.2) is 0 Å². The van der Waals surface area contributed by atoms with Gasteiger partial charge in [0, 0.05) is 6.54 Å². The van der Waals surface area contributed by atoms with Crippen LogP contribution in [0, 0.1) is 11.8 Å². The zero-order valence-electron chi connectivity index (χ0n) is 11.9. The van der Waals surface area contributed by atoms with Gasteiger partial charge in [-0.25, -0.2) is 4.79 Å². The van der Waals surface area contributed by atoms with E-state index < -0.39 is 12.1 Å². The highest BCUT2D eigenvalue weighted by Gasteiger charge is 2.30. The molecule has 1 saturated carbocycles. The van der Waals surface area contributed by atoms with E-state index in [4.69, 9.17) is 9.84 Å². The largest absolute Gasteiger partial charge is 0.479 e. The van der Waals surface area contributed by atoms with Gasteiger partial charge < -0.3 is 15.2 Å². The zero-order chi connectivity index (χ0) is 13.7. The molecule has 2 rings (SSSR count). The van der Waals surface area contributed by atoms with Gasteiger partial charge in [0.05, 0.1) is 6.10 Å². The fourth-order valence-electron chi connectivity index (χ4n) is 3.43. The smallest absolute Gasteiger partial charge is 0.332 e. The van der Waals surface area contributed by atoms with E-state index in [1.807, 2.05) is 0 Å². The third-order valence-corrected chi connectivity index (χ3v) is 4.53. The standard InChI is InChI=1S/C15H27NO3/c1-11-3-2-4-12(9-11)7-8-16-10-13-5-6-14(19-13)15(17)18/h11-14,16H,2-10H2,1H3,(H,17,18). The van der Waals surface area contributed by atoms with Crippen LogP contribution in [0.5, 0.6) is 0 Å². The molecule has 0 aromatic carbocycles. The molecule has 4 nitrogen and oxygen atoms in total. The number of rotatable bonds is 6. The first kappa shape index (κ1) is 14.8. The molecule has 2 aliphatic rings. The number of carbonyl (C=O) groups is 1. The maximum absolute atomic E-state index is 10.8. The van der Waals surface area contributed by atoms with Crippen molar-refractivity contribution in [3.05, 3.63) is 0 Å². The molecule has 4 atom stereocenters. The fraction of sp³-hybridized carbons (Fsp3) is 0.933. The van der Waals surface area contributed by atoms with Crippen LogP contribution in [-0.2, 0) is 9.53 Å². The number of carboxylic acid groups (broad SMARTS) is 1. The molecule has 0 aromatic rings. The lowest BCUT2D eigenvalue weighted by molar-refractivity contribution is -0.149. The van der Waals surface area contributed by atoms with Gasteiger partial charge >= 0.3 is 5.97 Å². The highest BCUT2D eigenvalue weighted by Crippen LogP contribution is 2.30. The molecular weight excluding hydrogens is 242 g/mol. The average molecular weight is 269 g/mol. The first-order valence-corrected chi connectivity index (χ1v) is 7.74. The Kier molecular flexibility index (Phi) is 5.64. The summed E-state index contributed by atoms with van der Waals surface area (Å²) in [6.07, 6.45) is 7.83. The van der Waals surface area contributed by atoms with E-state index in [2.05, 4.69) is 12.2 Å². The second-order valence-electron chi connectivity index (χ2n) is 6.29. The van der Waals surface area contributed by atoms with Crippen LogP contribution >= 0.6 is 0 Å². The monoisotopic (exact) mass is 269 g/mol. The Hall–Kier alpha value is -0.610. The molecule has 1 aliphatic heterocycles. The highest BCUT2D eigenvalue weighted by atomic mass is 16.5. The van der Waals surface area contributed by atoms with Gasteiger partial charge in [-0.05, 0) is 44.1 Å².